The molecule has 88 valence electrons. The number of halogens is 1. The molecule has 0 radical (unpaired) electrons. The highest BCUT2D eigenvalue weighted by Crippen LogP contribution is 2.40. The molecule has 1 aromatic carbocycles. The zero-order valence-corrected chi connectivity index (χ0v) is 10.5. The van der Waals surface area contributed by atoms with Crippen LogP contribution in [0, 0.1) is 5.92 Å². The Balaban J connectivity index is 2.15. The van der Waals surface area contributed by atoms with Gasteiger partial charge in [-0.2, -0.15) is 0 Å². The van der Waals surface area contributed by atoms with Crippen molar-refractivity contribution in [3.05, 3.63) is 34.9 Å². The minimum atomic E-state index is -0.642. The first-order valence-corrected chi connectivity index (χ1v) is 6.50. The molecule has 0 spiro atoms. The van der Waals surface area contributed by atoms with Gasteiger partial charge in [-0.15, -0.1) is 0 Å². The van der Waals surface area contributed by atoms with E-state index in [9.17, 15) is 5.11 Å². The molecule has 1 nitrogen and oxygen atoms in total. The lowest BCUT2D eigenvalue weighted by atomic mass is 9.74. The predicted octanol–water partition coefficient (Wildman–Crippen LogP) is 4.13. The van der Waals surface area contributed by atoms with Gasteiger partial charge in [0.15, 0.2) is 0 Å². The van der Waals surface area contributed by atoms with Gasteiger partial charge in [0, 0.05) is 5.02 Å². The molecule has 0 bridgehead atoms. The van der Waals surface area contributed by atoms with Crippen molar-refractivity contribution in [1.82, 2.24) is 0 Å². The van der Waals surface area contributed by atoms with Gasteiger partial charge in [-0.3, -0.25) is 0 Å². The Morgan fingerprint density at radius 2 is 2.06 bits per heavy atom. The molecule has 0 aliphatic heterocycles. The summed E-state index contributed by atoms with van der Waals surface area (Å²) in [5, 5.41) is 11.3. The van der Waals surface area contributed by atoms with Crippen molar-refractivity contribution in [2.24, 2.45) is 5.92 Å². The molecule has 0 heterocycles. The van der Waals surface area contributed by atoms with Gasteiger partial charge in [0.1, 0.15) is 0 Å². The van der Waals surface area contributed by atoms with Crippen molar-refractivity contribution >= 4 is 11.6 Å². The van der Waals surface area contributed by atoms with E-state index >= 15 is 0 Å². The molecule has 1 aliphatic rings. The highest BCUT2D eigenvalue weighted by atomic mass is 35.5. The maximum Gasteiger partial charge on any atom is 0.0897 e. The van der Waals surface area contributed by atoms with Crippen molar-refractivity contribution < 1.29 is 5.11 Å². The quantitative estimate of drug-likeness (QED) is 0.822. The fourth-order valence-electron chi connectivity index (χ4n) is 2.63. The zero-order valence-electron chi connectivity index (χ0n) is 9.75. The number of aliphatic hydroxyl groups is 1. The summed E-state index contributed by atoms with van der Waals surface area (Å²) in [4.78, 5) is 0. The SMILES string of the molecule is CCC1CCC(O)(c2cccc(Cl)c2)CC1. The Labute approximate surface area is 102 Å². The van der Waals surface area contributed by atoms with Crippen LogP contribution in [0.3, 0.4) is 0 Å². The molecule has 1 aromatic rings. The highest BCUT2D eigenvalue weighted by Gasteiger charge is 2.34. The van der Waals surface area contributed by atoms with Gasteiger partial charge < -0.3 is 5.11 Å². The third kappa shape index (κ3) is 2.41. The van der Waals surface area contributed by atoms with Crippen molar-refractivity contribution in [3.63, 3.8) is 0 Å². The molecular weight excluding hydrogens is 220 g/mol. The molecule has 0 atom stereocenters. The minimum absolute atomic E-state index is 0.642. The van der Waals surface area contributed by atoms with Crippen LogP contribution in [0.2, 0.25) is 5.02 Å². The number of benzene rings is 1. The van der Waals surface area contributed by atoms with Gasteiger partial charge in [-0.1, -0.05) is 37.1 Å². The Morgan fingerprint density at radius 1 is 1.38 bits per heavy atom. The van der Waals surface area contributed by atoms with E-state index < -0.39 is 5.60 Å². The van der Waals surface area contributed by atoms with E-state index in [2.05, 4.69) is 6.92 Å². The number of hydrogen-bond donors (Lipinski definition) is 1. The topological polar surface area (TPSA) is 20.2 Å². The summed E-state index contributed by atoms with van der Waals surface area (Å²) < 4.78 is 0. The molecule has 2 heteroatoms. The summed E-state index contributed by atoms with van der Waals surface area (Å²) >= 11 is 5.97. The van der Waals surface area contributed by atoms with Gasteiger partial charge in [-0.05, 0) is 49.3 Å². The molecule has 1 fully saturated rings. The minimum Gasteiger partial charge on any atom is -0.385 e. The van der Waals surface area contributed by atoms with Gasteiger partial charge in [-0.25, -0.2) is 0 Å². The van der Waals surface area contributed by atoms with Crippen LogP contribution in [-0.4, -0.2) is 5.11 Å². The van der Waals surface area contributed by atoms with Crippen LogP contribution in [0.5, 0.6) is 0 Å². The van der Waals surface area contributed by atoms with Gasteiger partial charge in [0.05, 0.1) is 5.60 Å². The molecule has 0 amide bonds. The van der Waals surface area contributed by atoms with Crippen LogP contribution in [-0.2, 0) is 5.60 Å². The van der Waals surface area contributed by atoms with E-state index in [0.717, 1.165) is 37.2 Å². The average molecular weight is 239 g/mol. The second-order valence-corrected chi connectivity index (χ2v) is 5.33. The Bertz CT molecular complexity index is 354. The molecule has 0 unspecified atom stereocenters. The van der Waals surface area contributed by atoms with Crippen molar-refractivity contribution in [3.8, 4) is 0 Å². The summed E-state index contributed by atoms with van der Waals surface area (Å²) in [6.07, 6.45) is 5.21. The van der Waals surface area contributed by atoms with Crippen molar-refractivity contribution in [1.29, 1.82) is 0 Å². The first kappa shape index (κ1) is 11.9. The first-order chi connectivity index (χ1) is 7.64. The lowest BCUT2D eigenvalue weighted by molar-refractivity contribution is -0.0145. The summed E-state index contributed by atoms with van der Waals surface area (Å²) in [6.45, 7) is 2.23. The third-order valence-corrected chi connectivity index (χ3v) is 4.11. The second-order valence-electron chi connectivity index (χ2n) is 4.89. The van der Waals surface area contributed by atoms with Crippen LogP contribution < -0.4 is 0 Å². The molecule has 0 saturated heterocycles. The second kappa shape index (κ2) is 4.77. The summed E-state index contributed by atoms with van der Waals surface area (Å²) in [5.41, 5.74) is 0.339. The van der Waals surface area contributed by atoms with E-state index in [4.69, 9.17) is 11.6 Å². The summed E-state index contributed by atoms with van der Waals surface area (Å²) in [6, 6.07) is 7.65. The molecule has 2 rings (SSSR count). The highest BCUT2D eigenvalue weighted by molar-refractivity contribution is 6.30. The van der Waals surface area contributed by atoms with Crippen LogP contribution in [0.25, 0.3) is 0 Å². The van der Waals surface area contributed by atoms with Gasteiger partial charge in [0.25, 0.3) is 0 Å². The molecule has 1 N–H and O–H groups in total. The lowest BCUT2D eigenvalue weighted by Crippen LogP contribution is -2.31. The normalized spacial score (nSPS) is 30.3. The maximum atomic E-state index is 10.6. The number of rotatable bonds is 2. The van der Waals surface area contributed by atoms with Crippen LogP contribution in [0.4, 0.5) is 0 Å². The third-order valence-electron chi connectivity index (χ3n) is 3.87. The maximum absolute atomic E-state index is 10.6. The van der Waals surface area contributed by atoms with Crippen LogP contribution in [0.15, 0.2) is 24.3 Å². The van der Waals surface area contributed by atoms with Crippen LogP contribution in [0.1, 0.15) is 44.6 Å². The summed E-state index contributed by atoms with van der Waals surface area (Å²) in [5.74, 6) is 0.791. The standard InChI is InChI=1S/C14H19ClO/c1-2-11-6-8-14(16,9-7-11)12-4-3-5-13(15)10-12/h3-5,10-11,16H,2,6-9H2,1H3. The van der Waals surface area contributed by atoms with E-state index in [1.807, 2.05) is 24.3 Å². The first-order valence-electron chi connectivity index (χ1n) is 6.12. The van der Waals surface area contributed by atoms with Gasteiger partial charge in [0.2, 0.25) is 0 Å². The predicted molar refractivity (Wildman–Crippen MR) is 67.6 cm³/mol. The number of hydrogen-bond acceptors (Lipinski definition) is 1. The van der Waals surface area contributed by atoms with Gasteiger partial charge >= 0.3 is 0 Å². The van der Waals surface area contributed by atoms with E-state index in [-0.39, 0.29) is 0 Å². The van der Waals surface area contributed by atoms with E-state index in [1.54, 1.807) is 0 Å². The van der Waals surface area contributed by atoms with Crippen molar-refractivity contribution in [2.45, 2.75) is 44.6 Å². The fraction of sp³-hybridized carbons (Fsp3) is 0.571. The molecule has 0 aromatic heterocycles. The Hall–Kier alpha value is -0.530. The molecular formula is C14H19ClO. The molecule has 1 saturated carbocycles. The molecule has 16 heavy (non-hydrogen) atoms. The van der Waals surface area contributed by atoms with Crippen LogP contribution >= 0.6 is 11.6 Å². The Kier molecular flexibility index (Phi) is 3.56. The van der Waals surface area contributed by atoms with Crippen molar-refractivity contribution in [2.75, 3.05) is 0 Å². The smallest absolute Gasteiger partial charge is 0.0897 e. The largest absolute Gasteiger partial charge is 0.385 e. The zero-order chi connectivity index (χ0) is 11.6. The van der Waals surface area contributed by atoms with E-state index in [0.29, 0.717) is 5.02 Å². The average Bonchev–Trinajstić information content (AvgIpc) is 2.30. The Morgan fingerprint density at radius 3 is 2.62 bits per heavy atom. The lowest BCUT2D eigenvalue weighted by Gasteiger charge is -2.36. The fourth-order valence-corrected chi connectivity index (χ4v) is 2.82. The monoisotopic (exact) mass is 238 g/mol. The van der Waals surface area contributed by atoms with E-state index in [1.165, 1.54) is 6.42 Å². The summed E-state index contributed by atoms with van der Waals surface area (Å²) in [7, 11) is 0. The molecule has 1 aliphatic carbocycles.